The topological polar surface area (TPSA) is 63.1 Å². The molecule has 3 atom stereocenters. The Balaban J connectivity index is 1.52. The van der Waals surface area contributed by atoms with E-state index in [4.69, 9.17) is 0 Å². The maximum atomic E-state index is 12.9. The normalized spacial score (nSPS) is 25.9. The number of nitrogens with one attached hydrogen (secondary N) is 1. The van der Waals surface area contributed by atoms with Crippen LogP contribution in [0.2, 0.25) is 0 Å². The smallest absolute Gasteiger partial charge is 0.233 e. The van der Waals surface area contributed by atoms with Crippen molar-refractivity contribution in [2.24, 2.45) is 18.9 Å². The fourth-order valence-corrected chi connectivity index (χ4v) is 4.64. The highest BCUT2D eigenvalue weighted by molar-refractivity contribution is 7.99. The molecule has 7 heteroatoms. The van der Waals surface area contributed by atoms with Gasteiger partial charge in [0.25, 0.3) is 0 Å². The van der Waals surface area contributed by atoms with Crippen LogP contribution in [0.4, 0.5) is 0 Å². The van der Waals surface area contributed by atoms with Gasteiger partial charge in [0.1, 0.15) is 6.33 Å². The molecule has 2 aromatic rings. The molecule has 0 unspecified atom stereocenters. The van der Waals surface area contributed by atoms with E-state index in [9.17, 15) is 4.79 Å². The number of aromatic nitrogens is 3. The Labute approximate surface area is 145 Å². The van der Waals surface area contributed by atoms with Gasteiger partial charge < -0.3 is 14.8 Å². The second-order valence-electron chi connectivity index (χ2n) is 6.50. The highest BCUT2D eigenvalue weighted by Gasteiger charge is 2.46. The molecule has 1 amide bonds. The van der Waals surface area contributed by atoms with Crippen molar-refractivity contribution in [3.8, 4) is 0 Å². The van der Waals surface area contributed by atoms with Gasteiger partial charge in [-0.1, -0.05) is 42.1 Å². The summed E-state index contributed by atoms with van der Waals surface area (Å²) < 4.78 is 1.84. The van der Waals surface area contributed by atoms with Gasteiger partial charge in [0, 0.05) is 32.6 Å². The lowest BCUT2D eigenvalue weighted by atomic mass is 9.89. The number of likely N-dealkylation sites (tertiary alicyclic amines) is 1. The molecule has 0 spiro atoms. The average Bonchev–Trinajstić information content (AvgIpc) is 3.29. The van der Waals surface area contributed by atoms with Crippen LogP contribution in [0.1, 0.15) is 11.6 Å². The fraction of sp³-hybridized carbons (Fsp3) is 0.471. The Morgan fingerprint density at radius 3 is 2.92 bits per heavy atom. The Hall–Kier alpha value is -1.86. The van der Waals surface area contributed by atoms with Crippen molar-refractivity contribution in [2.75, 3.05) is 25.4 Å². The number of thioether (sulfide) groups is 1. The van der Waals surface area contributed by atoms with Crippen molar-refractivity contribution in [1.29, 1.82) is 0 Å². The van der Waals surface area contributed by atoms with Crippen LogP contribution in [0.3, 0.4) is 0 Å². The molecule has 0 saturated carbocycles. The predicted molar refractivity (Wildman–Crippen MR) is 92.5 cm³/mol. The second kappa shape index (κ2) is 6.57. The number of fused-ring (bicyclic) bond motifs is 1. The number of nitrogens with zero attached hydrogens (tertiary/aromatic N) is 4. The first-order chi connectivity index (χ1) is 11.7. The highest BCUT2D eigenvalue weighted by Crippen LogP contribution is 2.42. The molecule has 2 saturated heterocycles. The average molecular weight is 343 g/mol. The third-order valence-corrected chi connectivity index (χ3v) is 6.04. The Bertz CT molecular complexity index is 719. The first-order valence-corrected chi connectivity index (χ1v) is 9.24. The van der Waals surface area contributed by atoms with E-state index in [1.165, 1.54) is 17.3 Å². The summed E-state index contributed by atoms with van der Waals surface area (Å²) in [6.45, 7) is 2.84. The summed E-state index contributed by atoms with van der Waals surface area (Å²) in [5.41, 5.74) is 1.24. The molecule has 2 aliphatic heterocycles. The van der Waals surface area contributed by atoms with Crippen LogP contribution in [-0.4, -0.2) is 51.0 Å². The van der Waals surface area contributed by atoms with Gasteiger partial charge in [0.15, 0.2) is 5.16 Å². The summed E-state index contributed by atoms with van der Waals surface area (Å²) in [6, 6.07) is 10.6. The van der Waals surface area contributed by atoms with Gasteiger partial charge >= 0.3 is 0 Å². The zero-order valence-electron chi connectivity index (χ0n) is 13.6. The lowest BCUT2D eigenvalue weighted by Crippen LogP contribution is -2.35. The van der Waals surface area contributed by atoms with E-state index in [1.54, 1.807) is 6.33 Å². The maximum absolute atomic E-state index is 12.9. The molecule has 0 radical (unpaired) electrons. The molecule has 0 aliphatic carbocycles. The molecular weight excluding hydrogens is 322 g/mol. The quantitative estimate of drug-likeness (QED) is 0.849. The third kappa shape index (κ3) is 2.82. The van der Waals surface area contributed by atoms with Crippen molar-refractivity contribution in [1.82, 2.24) is 25.0 Å². The van der Waals surface area contributed by atoms with Crippen LogP contribution in [0.15, 0.2) is 41.8 Å². The van der Waals surface area contributed by atoms with Gasteiger partial charge in [-0.3, -0.25) is 4.79 Å². The monoisotopic (exact) mass is 343 g/mol. The predicted octanol–water partition coefficient (Wildman–Crippen LogP) is 1.33. The van der Waals surface area contributed by atoms with Crippen molar-refractivity contribution in [3.05, 3.63) is 42.2 Å². The molecule has 2 aliphatic rings. The van der Waals surface area contributed by atoms with E-state index in [0.29, 0.717) is 17.6 Å². The van der Waals surface area contributed by atoms with E-state index >= 15 is 0 Å². The zero-order chi connectivity index (χ0) is 16.5. The summed E-state index contributed by atoms with van der Waals surface area (Å²) in [5.74, 6) is 1.66. The van der Waals surface area contributed by atoms with E-state index in [-0.39, 0.29) is 11.9 Å². The molecule has 1 N–H and O–H groups in total. The number of rotatable bonds is 4. The minimum Gasteiger partial charge on any atom is -0.334 e. The Morgan fingerprint density at radius 1 is 1.33 bits per heavy atom. The van der Waals surface area contributed by atoms with Gasteiger partial charge in [-0.25, -0.2) is 0 Å². The molecule has 3 heterocycles. The van der Waals surface area contributed by atoms with E-state index in [0.717, 1.165) is 24.8 Å². The van der Waals surface area contributed by atoms with Gasteiger partial charge in [-0.2, -0.15) is 0 Å². The SMILES string of the molecule is Cn1cnnc1SCC(=O)N1C[C@@H]2CNC[C@@H]2[C@H]1c1ccccc1. The minimum absolute atomic E-state index is 0.179. The summed E-state index contributed by atoms with van der Waals surface area (Å²) in [7, 11) is 1.89. The molecule has 126 valence electrons. The van der Waals surface area contributed by atoms with E-state index in [1.807, 2.05) is 17.7 Å². The molecule has 1 aromatic carbocycles. The lowest BCUT2D eigenvalue weighted by Gasteiger charge is -2.28. The number of aryl methyl sites for hydroxylation is 1. The first-order valence-electron chi connectivity index (χ1n) is 8.26. The van der Waals surface area contributed by atoms with E-state index in [2.05, 4.69) is 44.7 Å². The molecule has 2 fully saturated rings. The molecule has 0 bridgehead atoms. The highest BCUT2D eigenvalue weighted by atomic mass is 32.2. The lowest BCUT2D eigenvalue weighted by molar-refractivity contribution is -0.129. The minimum atomic E-state index is 0.179. The summed E-state index contributed by atoms with van der Waals surface area (Å²) in [5, 5.41) is 12.2. The second-order valence-corrected chi connectivity index (χ2v) is 7.44. The van der Waals surface area contributed by atoms with Crippen LogP contribution in [0, 0.1) is 11.8 Å². The summed E-state index contributed by atoms with van der Waals surface area (Å²) in [4.78, 5) is 15.0. The summed E-state index contributed by atoms with van der Waals surface area (Å²) in [6.07, 6.45) is 1.66. The van der Waals surface area contributed by atoms with Gasteiger partial charge in [-0.05, 0) is 11.5 Å². The molecule has 24 heavy (non-hydrogen) atoms. The number of hydrogen-bond donors (Lipinski definition) is 1. The Morgan fingerprint density at radius 2 is 2.17 bits per heavy atom. The maximum Gasteiger partial charge on any atom is 0.233 e. The van der Waals surface area contributed by atoms with E-state index < -0.39 is 0 Å². The number of carbonyl (C=O) groups is 1. The number of carbonyl (C=O) groups excluding carboxylic acids is 1. The third-order valence-electron chi connectivity index (χ3n) is 5.02. The molecule has 6 nitrogen and oxygen atoms in total. The number of benzene rings is 1. The van der Waals surface area contributed by atoms with Crippen LogP contribution in [0.5, 0.6) is 0 Å². The first kappa shape index (κ1) is 15.7. The molecule has 1 aromatic heterocycles. The van der Waals surface area contributed by atoms with Crippen LogP contribution in [-0.2, 0) is 11.8 Å². The van der Waals surface area contributed by atoms with Crippen molar-refractivity contribution in [3.63, 3.8) is 0 Å². The van der Waals surface area contributed by atoms with Gasteiger partial charge in [0.05, 0.1) is 11.8 Å². The molecule has 4 rings (SSSR count). The summed E-state index contributed by atoms with van der Waals surface area (Å²) >= 11 is 1.46. The number of amides is 1. The van der Waals surface area contributed by atoms with Crippen LogP contribution < -0.4 is 5.32 Å². The Kier molecular flexibility index (Phi) is 4.28. The van der Waals surface area contributed by atoms with Crippen molar-refractivity contribution in [2.45, 2.75) is 11.2 Å². The van der Waals surface area contributed by atoms with Gasteiger partial charge in [-0.15, -0.1) is 10.2 Å². The zero-order valence-corrected chi connectivity index (χ0v) is 14.4. The fourth-order valence-electron chi connectivity index (χ4n) is 3.87. The largest absolute Gasteiger partial charge is 0.334 e. The molecular formula is C17H21N5OS. The number of hydrogen-bond acceptors (Lipinski definition) is 5. The van der Waals surface area contributed by atoms with Crippen LogP contribution in [0.25, 0.3) is 0 Å². The van der Waals surface area contributed by atoms with Gasteiger partial charge in [0.2, 0.25) is 5.91 Å². The standard InChI is InChI=1S/C17H21N5OS/c1-21-11-19-20-17(21)24-10-15(23)22-9-13-7-18-8-14(13)16(22)12-5-3-2-4-6-12/h2-6,11,13-14,16,18H,7-10H2,1H3/t13-,14-,16+/m0/s1. The van der Waals surface area contributed by atoms with Crippen molar-refractivity contribution < 1.29 is 4.79 Å². The van der Waals surface area contributed by atoms with Crippen molar-refractivity contribution >= 4 is 17.7 Å². The van der Waals surface area contributed by atoms with Crippen LogP contribution >= 0.6 is 11.8 Å².